The Morgan fingerprint density at radius 2 is 2.05 bits per heavy atom. The monoisotopic (exact) mass is 283 g/mol. The second-order valence-corrected chi connectivity index (χ2v) is 4.76. The summed E-state index contributed by atoms with van der Waals surface area (Å²) < 4.78 is 5.10. The normalized spacial score (nSPS) is 19.2. The molecule has 1 amide bonds. The number of nitrogens with zero attached hydrogens (tertiary/aromatic N) is 1. The summed E-state index contributed by atoms with van der Waals surface area (Å²) in [4.78, 5) is 24.6. The first-order valence-corrected chi connectivity index (χ1v) is 6.30. The van der Waals surface area contributed by atoms with Gasteiger partial charge in [-0.25, -0.2) is 4.79 Å². The molecule has 5 nitrogen and oxygen atoms in total. The Balaban J connectivity index is 2.05. The molecule has 1 aliphatic rings. The standard InChI is InChI=1S/C13H14ClNO4/c14-10-3-1-9(2-4-10)7-12(16)15-5-6-19-8-11(15)13(17)18/h1-4,11H,5-8H2,(H,17,18). The molecule has 1 fully saturated rings. The van der Waals surface area contributed by atoms with Gasteiger partial charge in [-0.1, -0.05) is 23.7 Å². The number of morpholine rings is 1. The summed E-state index contributed by atoms with van der Waals surface area (Å²) >= 11 is 5.77. The number of aliphatic carboxylic acids is 1. The van der Waals surface area contributed by atoms with Crippen LogP contribution in [0.1, 0.15) is 5.56 Å². The lowest BCUT2D eigenvalue weighted by Crippen LogP contribution is -2.53. The summed E-state index contributed by atoms with van der Waals surface area (Å²) in [5.41, 5.74) is 0.810. The van der Waals surface area contributed by atoms with Crippen molar-refractivity contribution in [1.29, 1.82) is 0 Å². The molecule has 1 saturated heterocycles. The van der Waals surface area contributed by atoms with E-state index < -0.39 is 12.0 Å². The molecule has 1 aliphatic heterocycles. The number of amides is 1. The smallest absolute Gasteiger partial charge is 0.328 e. The van der Waals surface area contributed by atoms with E-state index >= 15 is 0 Å². The van der Waals surface area contributed by atoms with Crippen LogP contribution in [0.4, 0.5) is 0 Å². The van der Waals surface area contributed by atoms with Gasteiger partial charge in [-0.15, -0.1) is 0 Å². The predicted octanol–water partition coefficient (Wildman–Crippen LogP) is 1.19. The molecule has 0 spiro atoms. The van der Waals surface area contributed by atoms with E-state index in [0.717, 1.165) is 5.56 Å². The molecule has 0 aliphatic carbocycles. The van der Waals surface area contributed by atoms with Crippen molar-refractivity contribution >= 4 is 23.5 Å². The first-order chi connectivity index (χ1) is 9.08. The van der Waals surface area contributed by atoms with Gasteiger partial charge < -0.3 is 14.7 Å². The zero-order valence-electron chi connectivity index (χ0n) is 10.2. The van der Waals surface area contributed by atoms with Crippen molar-refractivity contribution in [2.24, 2.45) is 0 Å². The third-order valence-electron chi connectivity index (χ3n) is 3.00. The molecule has 0 radical (unpaired) electrons. The molecule has 1 N–H and O–H groups in total. The average molecular weight is 284 g/mol. The molecule has 2 rings (SSSR count). The number of halogens is 1. The summed E-state index contributed by atoms with van der Waals surface area (Å²) in [5.74, 6) is -1.25. The molecule has 1 aromatic carbocycles. The Bertz CT molecular complexity index is 474. The first-order valence-electron chi connectivity index (χ1n) is 5.92. The number of carbonyl (C=O) groups is 2. The van der Waals surface area contributed by atoms with Crippen molar-refractivity contribution in [1.82, 2.24) is 4.90 Å². The van der Waals surface area contributed by atoms with E-state index in [2.05, 4.69) is 0 Å². The maximum Gasteiger partial charge on any atom is 0.328 e. The van der Waals surface area contributed by atoms with Gasteiger partial charge in [0.15, 0.2) is 6.04 Å². The number of hydrogen-bond donors (Lipinski definition) is 1. The largest absolute Gasteiger partial charge is 0.480 e. The van der Waals surface area contributed by atoms with Crippen LogP contribution in [0.25, 0.3) is 0 Å². The number of carboxylic acids is 1. The quantitative estimate of drug-likeness (QED) is 0.905. The zero-order valence-corrected chi connectivity index (χ0v) is 11.0. The van der Waals surface area contributed by atoms with E-state index in [4.69, 9.17) is 21.4 Å². The fraction of sp³-hybridized carbons (Fsp3) is 0.385. The van der Waals surface area contributed by atoms with E-state index in [-0.39, 0.29) is 18.9 Å². The number of carboxylic acid groups (broad SMARTS) is 1. The highest BCUT2D eigenvalue weighted by molar-refractivity contribution is 6.30. The van der Waals surface area contributed by atoms with Crippen molar-refractivity contribution in [3.63, 3.8) is 0 Å². The van der Waals surface area contributed by atoms with Gasteiger partial charge in [-0.3, -0.25) is 4.79 Å². The number of ether oxygens (including phenoxy) is 1. The second kappa shape index (κ2) is 6.04. The van der Waals surface area contributed by atoms with Crippen molar-refractivity contribution in [2.75, 3.05) is 19.8 Å². The van der Waals surface area contributed by atoms with Crippen molar-refractivity contribution in [3.8, 4) is 0 Å². The number of rotatable bonds is 3. The van der Waals surface area contributed by atoms with E-state index in [1.54, 1.807) is 24.3 Å². The summed E-state index contributed by atoms with van der Waals surface area (Å²) in [6, 6.07) is 6.04. The maximum atomic E-state index is 12.1. The molecule has 0 saturated carbocycles. The predicted molar refractivity (Wildman–Crippen MR) is 69.1 cm³/mol. The van der Waals surface area contributed by atoms with Crippen molar-refractivity contribution < 1.29 is 19.4 Å². The highest BCUT2D eigenvalue weighted by Gasteiger charge is 2.32. The molecule has 1 heterocycles. The Morgan fingerprint density at radius 1 is 1.37 bits per heavy atom. The van der Waals surface area contributed by atoms with Gasteiger partial charge in [-0.2, -0.15) is 0 Å². The first kappa shape index (κ1) is 13.8. The number of carbonyl (C=O) groups excluding carboxylic acids is 1. The summed E-state index contributed by atoms with van der Waals surface area (Å²) in [6.45, 7) is 0.723. The van der Waals surface area contributed by atoms with Crippen LogP contribution >= 0.6 is 11.6 Å². The fourth-order valence-electron chi connectivity index (χ4n) is 1.99. The van der Waals surface area contributed by atoms with Crippen LogP contribution in [0, 0.1) is 0 Å². The van der Waals surface area contributed by atoms with Gasteiger partial charge >= 0.3 is 5.97 Å². The van der Waals surface area contributed by atoms with Crippen LogP contribution in [-0.2, 0) is 20.7 Å². The topological polar surface area (TPSA) is 66.8 Å². The molecule has 0 bridgehead atoms. The van der Waals surface area contributed by atoms with Gasteiger partial charge in [-0.05, 0) is 17.7 Å². The van der Waals surface area contributed by atoms with Crippen LogP contribution in [0.3, 0.4) is 0 Å². The van der Waals surface area contributed by atoms with Crippen LogP contribution in [0.5, 0.6) is 0 Å². The lowest BCUT2D eigenvalue weighted by atomic mass is 10.1. The summed E-state index contributed by atoms with van der Waals surface area (Å²) in [5, 5.41) is 9.67. The molecular formula is C13H14ClNO4. The highest BCUT2D eigenvalue weighted by Crippen LogP contribution is 2.13. The molecule has 1 unspecified atom stereocenters. The summed E-state index contributed by atoms with van der Waals surface area (Å²) in [7, 11) is 0. The Kier molecular flexibility index (Phi) is 4.39. The molecule has 1 atom stereocenters. The highest BCUT2D eigenvalue weighted by atomic mass is 35.5. The third kappa shape index (κ3) is 3.45. The van der Waals surface area contributed by atoms with Gasteiger partial charge in [0.2, 0.25) is 5.91 Å². The molecule has 1 aromatic rings. The van der Waals surface area contributed by atoms with Crippen molar-refractivity contribution in [3.05, 3.63) is 34.9 Å². The molecule has 102 valence electrons. The van der Waals surface area contributed by atoms with Crippen LogP contribution in [0.2, 0.25) is 5.02 Å². The average Bonchev–Trinajstić information content (AvgIpc) is 2.41. The molecule has 0 aromatic heterocycles. The van der Waals surface area contributed by atoms with Gasteiger partial charge in [0.25, 0.3) is 0 Å². The SMILES string of the molecule is O=C(O)C1COCCN1C(=O)Cc1ccc(Cl)cc1. The minimum Gasteiger partial charge on any atom is -0.480 e. The lowest BCUT2D eigenvalue weighted by Gasteiger charge is -2.32. The van der Waals surface area contributed by atoms with Gasteiger partial charge in [0.05, 0.1) is 19.6 Å². The van der Waals surface area contributed by atoms with Crippen molar-refractivity contribution in [2.45, 2.75) is 12.5 Å². The van der Waals surface area contributed by atoms with Crippen LogP contribution in [-0.4, -0.2) is 47.7 Å². The minimum absolute atomic E-state index is 0.0433. The van der Waals surface area contributed by atoms with Gasteiger partial charge in [0.1, 0.15) is 0 Å². The maximum absolute atomic E-state index is 12.1. The summed E-state index contributed by atoms with van der Waals surface area (Å²) in [6.07, 6.45) is 0.168. The van der Waals surface area contributed by atoms with E-state index in [1.165, 1.54) is 4.90 Å². The Hall–Kier alpha value is -1.59. The molecule has 19 heavy (non-hydrogen) atoms. The van der Waals surface area contributed by atoms with Crippen LogP contribution in [0.15, 0.2) is 24.3 Å². The number of benzene rings is 1. The van der Waals surface area contributed by atoms with E-state index in [1.807, 2.05) is 0 Å². The number of hydrogen-bond acceptors (Lipinski definition) is 3. The third-order valence-corrected chi connectivity index (χ3v) is 3.25. The van der Waals surface area contributed by atoms with Crippen LogP contribution < -0.4 is 0 Å². The van der Waals surface area contributed by atoms with E-state index in [9.17, 15) is 9.59 Å². The van der Waals surface area contributed by atoms with Gasteiger partial charge in [0, 0.05) is 11.6 Å². The Labute approximate surface area is 115 Å². The molecular weight excluding hydrogens is 270 g/mol. The fourth-order valence-corrected chi connectivity index (χ4v) is 2.11. The molecule has 6 heteroatoms. The second-order valence-electron chi connectivity index (χ2n) is 4.32. The minimum atomic E-state index is -1.04. The Morgan fingerprint density at radius 3 is 2.68 bits per heavy atom. The zero-order chi connectivity index (χ0) is 13.8. The van der Waals surface area contributed by atoms with E-state index in [0.29, 0.717) is 18.2 Å². The lowest BCUT2D eigenvalue weighted by molar-refractivity contribution is -0.158.